The van der Waals surface area contributed by atoms with Gasteiger partial charge in [-0.15, -0.1) is 11.3 Å². The Morgan fingerprint density at radius 3 is 3.17 bits per heavy atom. The Balaban J connectivity index is 1.31. The zero-order chi connectivity index (χ0) is 16.1. The van der Waals surface area contributed by atoms with Crippen molar-refractivity contribution in [3.05, 3.63) is 21.9 Å². The first-order valence-electron chi connectivity index (χ1n) is 8.88. The number of rotatable bonds is 6. The Kier molecular flexibility index (Phi) is 6.08. The SMILES string of the molecule is CC1CCCCC1OCCNC(=O)CN1CCc2sccc2C1. The molecule has 1 aromatic rings. The van der Waals surface area contributed by atoms with Crippen LogP contribution in [0.15, 0.2) is 11.4 Å². The summed E-state index contributed by atoms with van der Waals surface area (Å²) in [5.74, 6) is 0.775. The maximum absolute atomic E-state index is 12.1. The van der Waals surface area contributed by atoms with Crippen molar-refractivity contribution in [3.63, 3.8) is 0 Å². The Bertz CT molecular complexity index is 517. The first kappa shape index (κ1) is 16.9. The van der Waals surface area contributed by atoms with Gasteiger partial charge in [0.2, 0.25) is 5.91 Å². The molecule has 2 heterocycles. The lowest BCUT2D eigenvalue weighted by molar-refractivity contribution is -0.122. The minimum absolute atomic E-state index is 0.115. The fourth-order valence-corrected chi connectivity index (χ4v) is 4.52. The highest BCUT2D eigenvalue weighted by Gasteiger charge is 2.22. The number of carbonyl (C=O) groups excluding carboxylic acids is 1. The highest BCUT2D eigenvalue weighted by molar-refractivity contribution is 7.10. The molecule has 1 saturated carbocycles. The Hall–Kier alpha value is -0.910. The molecule has 0 radical (unpaired) electrons. The van der Waals surface area contributed by atoms with Crippen molar-refractivity contribution in [1.82, 2.24) is 10.2 Å². The predicted octanol–water partition coefficient (Wildman–Crippen LogP) is 2.82. The summed E-state index contributed by atoms with van der Waals surface area (Å²) in [6.07, 6.45) is 6.52. The zero-order valence-electron chi connectivity index (χ0n) is 14.1. The lowest BCUT2D eigenvalue weighted by Gasteiger charge is -2.29. The predicted molar refractivity (Wildman–Crippen MR) is 93.7 cm³/mol. The number of hydrogen-bond acceptors (Lipinski definition) is 4. The van der Waals surface area contributed by atoms with Crippen molar-refractivity contribution >= 4 is 17.2 Å². The van der Waals surface area contributed by atoms with Crippen LogP contribution < -0.4 is 5.32 Å². The van der Waals surface area contributed by atoms with E-state index in [9.17, 15) is 4.79 Å². The van der Waals surface area contributed by atoms with Crippen LogP contribution >= 0.6 is 11.3 Å². The third kappa shape index (κ3) is 4.78. The summed E-state index contributed by atoms with van der Waals surface area (Å²) in [6, 6.07) is 2.18. The Morgan fingerprint density at radius 1 is 1.43 bits per heavy atom. The van der Waals surface area contributed by atoms with E-state index in [-0.39, 0.29) is 5.91 Å². The van der Waals surface area contributed by atoms with E-state index in [0.717, 1.165) is 19.5 Å². The summed E-state index contributed by atoms with van der Waals surface area (Å²) in [4.78, 5) is 15.8. The van der Waals surface area contributed by atoms with E-state index < -0.39 is 0 Å². The number of thiophene rings is 1. The smallest absolute Gasteiger partial charge is 0.234 e. The van der Waals surface area contributed by atoms with Crippen LogP contribution in [0.4, 0.5) is 0 Å². The molecule has 0 aromatic carbocycles. The fraction of sp³-hybridized carbons (Fsp3) is 0.722. The van der Waals surface area contributed by atoms with Crippen LogP contribution in [0.3, 0.4) is 0 Å². The van der Waals surface area contributed by atoms with Crippen molar-refractivity contribution < 1.29 is 9.53 Å². The molecule has 128 valence electrons. The van der Waals surface area contributed by atoms with E-state index >= 15 is 0 Å². The van der Waals surface area contributed by atoms with Crippen LogP contribution in [0.5, 0.6) is 0 Å². The van der Waals surface area contributed by atoms with E-state index in [1.165, 1.54) is 36.1 Å². The van der Waals surface area contributed by atoms with Gasteiger partial charge in [-0.3, -0.25) is 9.69 Å². The molecular formula is C18H28N2O2S. The average molecular weight is 337 g/mol. The van der Waals surface area contributed by atoms with Crippen LogP contribution in [0.2, 0.25) is 0 Å². The second kappa shape index (κ2) is 8.27. The van der Waals surface area contributed by atoms with E-state index in [0.29, 0.717) is 31.7 Å². The Morgan fingerprint density at radius 2 is 2.30 bits per heavy atom. The number of nitrogens with zero attached hydrogens (tertiary/aromatic N) is 1. The molecule has 0 spiro atoms. The van der Waals surface area contributed by atoms with Crippen LogP contribution in [0.25, 0.3) is 0 Å². The summed E-state index contributed by atoms with van der Waals surface area (Å²) >= 11 is 1.83. The summed E-state index contributed by atoms with van der Waals surface area (Å²) < 4.78 is 5.94. The van der Waals surface area contributed by atoms with Crippen LogP contribution in [-0.4, -0.2) is 43.2 Å². The molecule has 5 heteroatoms. The lowest BCUT2D eigenvalue weighted by Crippen LogP contribution is -2.40. The quantitative estimate of drug-likeness (QED) is 0.812. The third-order valence-corrected chi connectivity index (χ3v) is 6.07. The number of ether oxygens (including phenoxy) is 1. The van der Waals surface area contributed by atoms with Crippen LogP contribution in [0, 0.1) is 5.92 Å². The minimum Gasteiger partial charge on any atom is -0.376 e. The normalized spacial score (nSPS) is 25.1. The summed E-state index contributed by atoms with van der Waals surface area (Å²) in [7, 11) is 0. The van der Waals surface area contributed by atoms with Gasteiger partial charge in [0, 0.05) is 24.5 Å². The number of nitrogens with one attached hydrogen (secondary N) is 1. The molecule has 2 aliphatic rings. The van der Waals surface area contributed by atoms with Gasteiger partial charge in [-0.05, 0) is 42.2 Å². The van der Waals surface area contributed by atoms with Gasteiger partial charge in [0.25, 0.3) is 0 Å². The van der Waals surface area contributed by atoms with Gasteiger partial charge in [0.05, 0.1) is 19.3 Å². The summed E-state index contributed by atoms with van der Waals surface area (Å²) in [5.41, 5.74) is 1.39. The maximum atomic E-state index is 12.1. The fourth-order valence-electron chi connectivity index (χ4n) is 3.63. The lowest BCUT2D eigenvalue weighted by atomic mass is 9.88. The molecule has 1 aliphatic heterocycles. The molecule has 1 fully saturated rings. The van der Waals surface area contributed by atoms with Gasteiger partial charge < -0.3 is 10.1 Å². The number of amides is 1. The molecule has 2 unspecified atom stereocenters. The number of fused-ring (bicyclic) bond motifs is 1. The highest BCUT2D eigenvalue weighted by atomic mass is 32.1. The molecule has 0 bridgehead atoms. The molecule has 0 saturated heterocycles. The first-order chi connectivity index (χ1) is 11.2. The average Bonchev–Trinajstić information content (AvgIpc) is 3.01. The van der Waals surface area contributed by atoms with Crippen molar-refractivity contribution in [3.8, 4) is 0 Å². The molecule has 1 amide bonds. The zero-order valence-corrected chi connectivity index (χ0v) is 14.9. The number of carbonyl (C=O) groups is 1. The van der Waals surface area contributed by atoms with Crippen LogP contribution in [-0.2, 0) is 22.5 Å². The van der Waals surface area contributed by atoms with E-state index in [1.54, 1.807) is 0 Å². The largest absolute Gasteiger partial charge is 0.376 e. The van der Waals surface area contributed by atoms with Crippen molar-refractivity contribution in [2.45, 2.75) is 51.7 Å². The summed E-state index contributed by atoms with van der Waals surface area (Å²) in [6.45, 7) is 5.92. The van der Waals surface area contributed by atoms with E-state index in [1.807, 2.05) is 11.3 Å². The third-order valence-electron chi connectivity index (χ3n) is 5.04. The summed E-state index contributed by atoms with van der Waals surface area (Å²) in [5, 5.41) is 5.15. The second-order valence-electron chi connectivity index (χ2n) is 6.85. The first-order valence-corrected chi connectivity index (χ1v) is 9.76. The molecule has 1 aromatic heterocycles. The van der Waals surface area contributed by atoms with Gasteiger partial charge in [-0.1, -0.05) is 19.8 Å². The monoisotopic (exact) mass is 336 g/mol. The second-order valence-corrected chi connectivity index (χ2v) is 7.85. The topological polar surface area (TPSA) is 41.6 Å². The molecule has 3 rings (SSSR count). The van der Waals surface area contributed by atoms with Crippen molar-refractivity contribution in [2.24, 2.45) is 5.92 Å². The molecule has 1 N–H and O–H groups in total. The van der Waals surface area contributed by atoms with Gasteiger partial charge in [-0.2, -0.15) is 0 Å². The minimum atomic E-state index is 0.115. The van der Waals surface area contributed by atoms with Gasteiger partial charge in [0.15, 0.2) is 0 Å². The van der Waals surface area contributed by atoms with Gasteiger partial charge in [-0.25, -0.2) is 0 Å². The highest BCUT2D eigenvalue weighted by Crippen LogP contribution is 2.26. The molecular weight excluding hydrogens is 308 g/mol. The van der Waals surface area contributed by atoms with E-state index in [4.69, 9.17) is 4.74 Å². The van der Waals surface area contributed by atoms with Gasteiger partial charge in [0.1, 0.15) is 0 Å². The molecule has 2 atom stereocenters. The van der Waals surface area contributed by atoms with Crippen LogP contribution in [0.1, 0.15) is 43.0 Å². The number of hydrogen-bond donors (Lipinski definition) is 1. The molecule has 23 heavy (non-hydrogen) atoms. The molecule has 1 aliphatic carbocycles. The Labute approximate surface area is 143 Å². The maximum Gasteiger partial charge on any atom is 0.234 e. The van der Waals surface area contributed by atoms with Crippen molar-refractivity contribution in [2.75, 3.05) is 26.2 Å². The van der Waals surface area contributed by atoms with E-state index in [2.05, 4.69) is 28.6 Å². The molecule has 4 nitrogen and oxygen atoms in total. The van der Waals surface area contributed by atoms with Crippen molar-refractivity contribution in [1.29, 1.82) is 0 Å². The standard InChI is InChI=1S/C18H28N2O2S/c1-14-4-2-3-5-16(14)22-10-8-19-18(21)13-20-9-6-17-15(12-20)7-11-23-17/h7,11,14,16H,2-6,8-10,12-13H2,1H3,(H,19,21). The van der Waals surface area contributed by atoms with Gasteiger partial charge >= 0.3 is 0 Å².